The smallest absolute Gasteiger partial charge is 0.328 e. The van der Waals surface area contributed by atoms with Crippen molar-refractivity contribution in [3.8, 4) is 0 Å². The summed E-state index contributed by atoms with van der Waals surface area (Å²) in [6.45, 7) is 0.912. The van der Waals surface area contributed by atoms with Crippen LogP contribution in [0.5, 0.6) is 0 Å². The Balaban J connectivity index is 1.78. The first-order chi connectivity index (χ1) is 12.9. The van der Waals surface area contributed by atoms with E-state index in [9.17, 15) is 19.2 Å². The van der Waals surface area contributed by atoms with Gasteiger partial charge in [-0.15, -0.1) is 0 Å². The third-order valence-electron chi connectivity index (χ3n) is 3.45. The fraction of sp³-hybridized carbons (Fsp3) is 0.222. The lowest BCUT2D eigenvalue weighted by Gasteiger charge is -2.12. The first kappa shape index (κ1) is 19.7. The second kappa shape index (κ2) is 9.18. The molecule has 1 aromatic carbocycles. The highest BCUT2D eigenvalue weighted by molar-refractivity contribution is 5.97. The normalized spacial score (nSPS) is 11.2. The summed E-state index contributed by atoms with van der Waals surface area (Å²) in [7, 11) is 1.52. The highest BCUT2D eigenvalue weighted by atomic mass is 16.5. The van der Waals surface area contributed by atoms with Crippen LogP contribution in [0, 0.1) is 0 Å². The van der Waals surface area contributed by atoms with Gasteiger partial charge in [-0.3, -0.25) is 14.4 Å². The quantitative estimate of drug-likeness (QED) is 0.620. The molecule has 0 fully saturated rings. The van der Waals surface area contributed by atoms with Crippen molar-refractivity contribution in [2.24, 2.45) is 0 Å². The minimum absolute atomic E-state index is 0.0626. The number of furan rings is 1. The number of anilines is 1. The minimum Gasteiger partial charge on any atom is -0.459 e. The molecule has 142 valence electrons. The lowest BCUT2D eigenvalue weighted by atomic mass is 10.2. The van der Waals surface area contributed by atoms with Crippen LogP contribution in [0.3, 0.4) is 0 Å². The minimum atomic E-state index is -0.956. The molecule has 0 spiro atoms. The van der Waals surface area contributed by atoms with E-state index in [-0.39, 0.29) is 11.7 Å². The average Bonchev–Trinajstić information content (AvgIpc) is 3.21. The number of ether oxygens (including phenoxy) is 1. The fourth-order valence-electron chi connectivity index (χ4n) is 2.04. The molecule has 0 unspecified atom stereocenters. The molecule has 3 amide bonds. The second-order valence-electron chi connectivity index (χ2n) is 5.48. The molecular formula is C18H19N3O6. The summed E-state index contributed by atoms with van der Waals surface area (Å²) in [6.07, 6.45) is 1.34. The van der Waals surface area contributed by atoms with Gasteiger partial charge in [0.25, 0.3) is 17.7 Å². The molecule has 1 atom stereocenters. The second-order valence-corrected chi connectivity index (χ2v) is 5.48. The number of esters is 1. The van der Waals surface area contributed by atoms with E-state index in [0.717, 1.165) is 0 Å². The van der Waals surface area contributed by atoms with Crippen LogP contribution in [0.25, 0.3) is 0 Å². The molecule has 0 radical (unpaired) electrons. The Morgan fingerprint density at radius 2 is 1.78 bits per heavy atom. The first-order valence-electron chi connectivity index (χ1n) is 8.03. The van der Waals surface area contributed by atoms with Gasteiger partial charge >= 0.3 is 5.97 Å². The summed E-state index contributed by atoms with van der Waals surface area (Å²) in [6, 6.07) is 8.24. The number of carbonyl (C=O) groups excluding carboxylic acids is 4. The molecule has 2 rings (SSSR count). The van der Waals surface area contributed by atoms with Crippen LogP contribution in [0.1, 0.15) is 27.8 Å². The number of amides is 3. The molecule has 0 saturated heterocycles. The predicted octanol–water partition coefficient (Wildman–Crippen LogP) is 0.939. The highest BCUT2D eigenvalue weighted by Gasteiger charge is 2.20. The number of carbonyl (C=O) groups is 4. The molecule has 9 heteroatoms. The monoisotopic (exact) mass is 373 g/mol. The number of nitrogens with one attached hydrogen (secondary N) is 3. The van der Waals surface area contributed by atoms with E-state index in [1.54, 1.807) is 30.3 Å². The van der Waals surface area contributed by atoms with Crippen LogP contribution in [-0.4, -0.2) is 43.4 Å². The van der Waals surface area contributed by atoms with Crippen molar-refractivity contribution in [3.05, 3.63) is 54.0 Å². The summed E-state index contributed by atoms with van der Waals surface area (Å²) < 4.78 is 9.79. The zero-order chi connectivity index (χ0) is 19.8. The van der Waals surface area contributed by atoms with E-state index in [4.69, 9.17) is 9.15 Å². The number of hydrogen-bond acceptors (Lipinski definition) is 6. The first-order valence-corrected chi connectivity index (χ1v) is 8.03. The third kappa shape index (κ3) is 5.70. The van der Waals surface area contributed by atoms with Crippen LogP contribution in [0.15, 0.2) is 47.1 Å². The summed E-state index contributed by atoms with van der Waals surface area (Å²) >= 11 is 0. The standard InChI is InChI=1S/C18H19N3O6/c1-11(20-17(24)14-4-3-9-26-14)18(25)27-10-15(22)21-13-7-5-12(6-8-13)16(23)19-2/h3-9,11H,10H2,1-2H3,(H,19,23)(H,20,24)(H,21,22)/t11-/m0/s1. The van der Waals surface area contributed by atoms with Gasteiger partial charge in [0.05, 0.1) is 6.26 Å². The Kier molecular flexibility index (Phi) is 6.70. The average molecular weight is 373 g/mol. The van der Waals surface area contributed by atoms with E-state index in [2.05, 4.69) is 16.0 Å². The van der Waals surface area contributed by atoms with Gasteiger partial charge in [-0.05, 0) is 43.3 Å². The fourth-order valence-corrected chi connectivity index (χ4v) is 2.04. The Bertz CT molecular complexity index is 814. The highest BCUT2D eigenvalue weighted by Crippen LogP contribution is 2.09. The van der Waals surface area contributed by atoms with Crippen molar-refractivity contribution in [3.63, 3.8) is 0 Å². The maximum Gasteiger partial charge on any atom is 0.328 e. The van der Waals surface area contributed by atoms with Crippen LogP contribution in [0.4, 0.5) is 5.69 Å². The number of benzene rings is 1. The zero-order valence-electron chi connectivity index (χ0n) is 14.8. The molecule has 3 N–H and O–H groups in total. The molecule has 0 aliphatic rings. The Morgan fingerprint density at radius 1 is 1.07 bits per heavy atom. The van der Waals surface area contributed by atoms with E-state index < -0.39 is 30.4 Å². The summed E-state index contributed by atoms with van der Waals surface area (Å²) in [4.78, 5) is 46.9. The van der Waals surface area contributed by atoms with Gasteiger partial charge in [-0.25, -0.2) is 4.79 Å². The summed E-state index contributed by atoms with van der Waals surface area (Å²) in [5, 5.41) is 7.42. The van der Waals surface area contributed by atoms with Crippen molar-refractivity contribution >= 4 is 29.4 Å². The van der Waals surface area contributed by atoms with Crippen molar-refractivity contribution in [1.29, 1.82) is 0 Å². The van der Waals surface area contributed by atoms with Crippen LogP contribution < -0.4 is 16.0 Å². The van der Waals surface area contributed by atoms with Crippen molar-refractivity contribution in [2.45, 2.75) is 13.0 Å². The molecule has 2 aromatic rings. The summed E-state index contributed by atoms with van der Waals surface area (Å²) in [5.74, 6) is -2.06. The number of hydrogen-bond donors (Lipinski definition) is 3. The lowest BCUT2D eigenvalue weighted by molar-refractivity contribution is -0.148. The SMILES string of the molecule is CNC(=O)c1ccc(NC(=O)COC(=O)[C@H](C)NC(=O)c2ccco2)cc1. The molecule has 9 nitrogen and oxygen atoms in total. The lowest BCUT2D eigenvalue weighted by Crippen LogP contribution is -2.40. The topological polar surface area (TPSA) is 127 Å². The van der Waals surface area contributed by atoms with Crippen LogP contribution >= 0.6 is 0 Å². The largest absolute Gasteiger partial charge is 0.459 e. The summed E-state index contributed by atoms with van der Waals surface area (Å²) in [5.41, 5.74) is 0.894. The maximum atomic E-state index is 11.9. The zero-order valence-corrected chi connectivity index (χ0v) is 14.8. The van der Waals surface area contributed by atoms with E-state index >= 15 is 0 Å². The van der Waals surface area contributed by atoms with Crippen molar-refractivity contribution < 1.29 is 28.3 Å². The van der Waals surface area contributed by atoms with E-state index in [1.165, 1.54) is 26.3 Å². The van der Waals surface area contributed by atoms with Crippen LogP contribution in [0.2, 0.25) is 0 Å². The van der Waals surface area contributed by atoms with Gasteiger partial charge in [0.2, 0.25) is 0 Å². The molecule has 27 heavy (non-hydrogen) atoms. The van der Waals surface area contributed by atoms with E-state index in [0.29, 0.717) is 11.3 Å². The maximum absolute atomic E-state index is 11.9. The van der Waals surface area contributed by atoms with Gasteiger partial charge in [0.15, 0.2) is 12.4 Å². The molecule has 1 aromatic heterocycles. The number of rotatable bonds is 7. The molecule has 0 aliphatic heterocycles. The molecule has 0 saturated carbocycles. The Morgan fingerprint density at radius 3 is 2.37 bits per heavy atom. The predicted molar refractivity (Wildman–Crippen MR) is 95.1 cm³/mol. The van der Waals surface area contributed by atoms with Gasteiger partial charge in [-0.2, -0.15) is 0 Å². The van der Waals surface area contributed by atoms with E-state index in [1.807, 2.05) is 0 Å². The molecule has 0 aliphatic carbocycles. The molecule has 0 bridgehead atoms. The van der Waals surface area contributed by atoms with Crippen molar-refractivity contribution in [1.82, 2.24) is 10.6 Å². The van der Waals surface area contributed by atoms with Gasteiger partial charge in [0, 0.05) is 18.3 Å². The van der Waals surface area contributed by atoms with Gasteiger partial charge in [-0.1, -0.05) is 0 Å². The van der Waals surface area contributed by atoms with Crippen LogP contribution in [-0.2, 0) is 14.3 Å². The molecular weight excluding hydrogens is 354 g/mol. The Labute approximate surface area is 155 Å². The van der Waals surface area contributed by atoms with Gasteiger partial charge in [0.1, 0.15) is 6.04 Å². The molecule has 1 heterocycles. The Hall–Kier alpha value is -3.62. The van der Waals surface area contributed by atoms with Crippen molar-refractivity contribution in [2.75, 3.05) is 19.0 Å². The third-order valence-corrected chi connectivity index (χ3v) is 3.45. The van der Waals surface area contributed by atoms with Gasteiger partial charge < -0.3 is 25.1 Å².